The van der Waals surface area contributed by atoms with Crippen LogP contribution in [0.15, 0.2) is 29.1 Å². The maximum absolute atomic E-state index is 11.4. The molecular weight excluding hydrogens is 244 g/mol. The maximum atomic E-state index is 11.4. The molecule has 1 unspecified atom stereocenters. The lowest BCUT2D eigenvalue weighted by Gasteiger charge is -2.19. The first-order chi connectivity index (χ1) is 8.79. The van der Waals surface area contributed by atoms with Gasteiger partial charge in [0, 0.05) is 23.4 Å². The fraction of sp³-hybridized carbons (Fsp3) is 0.286. The van der Waals surface area contributed by atoms with E-state index in [4.69, 9.17) is 10.8 Å². The summed E-state index contributed by atoms with van der Waals surface area (Å²) in [6.07, 6.45) is 0.233. The minimum Gasteiger partial charge on any atom is -0.480 e. The number of pyridine rings is 1. The molecule has 0 aliphatic rings. The first-order valence-electron chi connectivity index (χ1n) is 5.94. The Kier molecular flexibility index (Phi) is 3.16. The summed E-state index contributed by atoms with van der Waals surface area (Å²) >= 11 is 0. The number of rotatable bonds is 3. The van der Waals surface area contributed by atoms with E-state index in [9.17, 15) is 9.59 Å². The second-order valence-corrected chi connectivity index (χ2v) is 5.10. The van der Waals surface area contributed by atoms with Crippen molar-refractivity contribution in [3.05, 3.63) is 45.7 Å². The third-order valence-corrected chi connectivity index (χ3v) is 3.17. The number of benzene rings is 1. The van der Waals surface area contributed by atoms with Crippen molar-refractivity contribution < 1.29 is 9.90 Å². The second-order valence-electron chi connectivity index (χ2n) is 5.10. The predicted molar refractivity (Wildman–Crippen MR) is 73.2 cm³/mol. The first kappa shape index (κ1) is 13.3. The Morgan fingerprint density at radius 1 is 1.42 bits per heavy atom. The Labute approximate surface area is 110 Å². The number of aryl methyl sites for hydroxylation is 1. The van der Waals surface area contributed by atoms with E-state index in [1.165, 1.54) is 13.0 Å². The van der Waals surface area contributed by atoms with Crippen LogP contribution in [0.4, 0.5) is 0 Å². The van der Waals surface area contributed by atoms with Gasteiger partial charge in [-0.3, -0.25) is 9.59 Å². The maximum Gasteiger partial charge on any atom is 0.323 e. The molecule has 100 valence electrons. The van der Waals surface area contributed by atoms with E-state index in [1.54, 1.807) is 12.1 Å². The molecule has 0 spiro atoms. The number of aromatic nitrogens is 1. The van der Waals surface area contributed by atoms with E-state index < -0.39 is 11.5 Å². The third-order valence-electron chi connectivity index (χ3n) is 3.17. The molecule has 19 heavy (non-hydrogen) atoms. The van der Waals surface area contributed by atoms with Crippen molar-refractivity contribution in [1.29, 1.82) is 0 Å². The van der Waals surface area contributed by atoms with Gasteiger partial charge in [-0.25, -0.2) is 0 Å². The molecule has 2 aromatic rings. The van der Waals surface area contributed by atoms with Gasteiger partial charge in [-0.2, -0.15) is 0 Å². The molecule has 5 nitrogen and oxygen atoms in total. The first-order valence-corrected chi connectivity index (χ1v) is 5.94. The highest BCUT2D eigenvalue weighted by atomic mass is 16.4. The van der Waals surface area contributed by atoms with Crippen LogP contribution in [0.25, 0.3) is 10.9 Å². The lowest BCUT2D eigenvalue weighted by Crippen LogP contribution is -2.46. The lowest BCUT2D eigenvalue weighted by molar-refractivity contribution is -0.142. The van der Waals surface area contributed by atoms with Gasteiger partial charge in [0.2, 0.25) is 5.56 Å². The van der Waals surface area contributed by atoms with Crippen LogP contribution in [0.2, 0.25) is 0 Å². The van der Waals surface area contributed by atoms with Crippen LogP contribution in [0.1, 0.15) is 18.1 Å². The van der Waals surface area contributed by atoms with Crippen LogP contribution in [0.3, 0.4) is 0 Å². The molecular formula is C14H16N2O3. The Balaban J connectivity index is 2.48. The summed E-state index contributed by atoms with van der Waals surface area (Å²) in [6.45, 7) is 3.33. The molecule has 0 aliphatic carbocycles. The molecule has 0 radical (unpaired) electrons. The average Bonchev–Trinajstić information content (AvgIpc) is 2.29. The van der Waals surface area contributed by atoms with Crippen LogP contribution in [-0.2, 0) is 11.2 Å². The summed E-state index contributed by atoms with van der Waals surface area (Å²) < 4.78 is 0. The van der Waals surface area contributed by atoms with Gasteiger partial charge in [-0.05, 0) is 37.1 Å². The summed E-state index contributed by atoms with van der Waals surface area (Å²) in [5.41, 5.74) is 6.72. The van der Waals surface area contributed by atoms with Crippen molar-refractivity contribution in [3.8, 4) is 0 Å². The van der Waals surface area contributed by atoms with Crippen molar-refractivity contribution in [2.24, 2.45) is 5.73 Å². The Bertz CT molecular complexity index is 701. The predicted octanol–water partition coefficient (Wildman–Crippen LogP) is 1.18. The number of carboxylic acids is 1. The van der Waals surface area contributed by atoms with Gasteiger partial charge in [-0.15, -0.1) is 0 Å². The monoisotopic (exact) mass is 260 g/mol. The SMILES string of the molecule is Cc1cc(=O)[nH]c2ccc(CC(C)(N)C(=O)O)cc12. The van der Waals surface area contributed by atoms with Crippen molar-refractivity contribution in [3.63, 3.8) is 0 Å². The minimum atomic E-state index is -1.30. The number of carbonyl (C=O) groups is 1. The molecule has 1 aromatic carbocycles. The number of H-pyrrole nitrogens is 1. The average molecular weight is 260 g/mol. The van der Waals surface area contributed by atoms with Crippen LogP contribution in [0.5, 0.6) is 0 Å². The van der Waals surface area contributed by atoms with E-state index in [1.807, 2.05) is 13.0 Å². The number of carboxylic acid groups (broad SMARTS) is 1. The minimum absolute atomic E-state index is 0.146. The normalized spacial score (nSPS) is 14.3. The third kappa shape index (κ3) is 2.66. The topological polar surface area (TPSA) is 96.2 Å². The standard InChI is InChI=1S/C14H16N2O3/c1-8-5-12(17)16-11-4-3-9(6-10(8)11)7-14(2,15)13(18)19/h3-6H,7,15H2,1-2H3,(H,16,17)(H,18,19). The molecule has 0 aliphatic heterocycles. The molecule has 5 heteroatoms. The molecule has 0 bridgehead atoms. The number of nitrogens with one attached hydrogen (secondary N) is 1. The highest BCUT2D eigenvalue weighted by molar-refractivity contribution is 5.83. The van der Waals surface area contributed by atoms with Gasteiger partial charge in [0.15, 0.2) is 0 Å². The lowest BCUT2D eigenvalue weighted by atomic mass is 9.93. The molecule has 1 heterocycles. The van der Waals surface area contributed by atoms with Gasteiger partial charge in [0.1, 0.15) is 5.54 Å². The van der Waals surface area contributed by atoms with E-state index in [2.05, 4.69) is 4.98 Å². The molecule has 4 N–H and O–H groups in total. The van der Waals surface area contributed by atoms with Crippen LogP contribution < -0.4 is 11.3 Å². The van der Waals surface area contributed by atoms with Crippen molar-refractivity contribution in [2.45, 2.75) is 25.8 Å². The van der Waals surface area contributed by atoms with Gasteiger partial charge in [0.25, 0.3) is 0 Å². The zero-order valence-electron chi connectivity index (χ0n) is 10.9. The largest absolute Gasteiger partial charge is 0.480 e. The molecule has 0 fully saturated rings. The van der Waals surface area contributed by atoms with Crippen LogP contribution >= 0.6 is 0 Å². The highest BCUT2D eigenvalue weighted by Gasteiger charge is 2.28. The molecule has 0 saturated carbocycles. The Morgan fingerprint density at radius 3 is 2.74 bits per heavy atom. The molecule has 1 aromatic heterocycles. The Morgan fingerprint density at radius 2 is 2.11 bits per heavy atom. The summed E-state index contributed by atoms with van der Waals surface area (Å²) in [5.74, 6) is -1.04. The van der Waals surface area contributed by atoms with E-state index >= 15 is 0 Å². The van der Waals surface area contributed by atoms with Crippen LogP contribution in [0, 0.1) is 6.92 Å². The fourth-order valence-corrected chi connectivity index (χ4v) is 2.08. The van der Waals surface area contributed by atoms with Crippen molar-refractivity contribution in [2.75, 3.05) is 0 Å². The van der Waals surface area contributed by atoms with E-state index in [-0.39, 0.29) is 12.0 Å². The van der Waals surface area contributed by atoms with E-state index in [0.29, 0.717) is 0 Å². The zero-order chi connectivity index (χ0) is 14.2. The number of hydrogen-bond acceptors (Lipinski definition) is 3. The van der Waals surface area contributed by atoms with Gasteiger partial charge in [0.05, 0.1) is 0 Å². The summed E-state index contributed by atoms with van der Waals surface area (Å²) in [4.78, 5) is 25.1. The number of aromatic amines is 1. The van der Waals surface area contributed by atoms with Crippen molar-refractivity contribution in [1.82, 2.24) is 4.98 Å². The number of nitrogens with two attached hydrogens (primary N) is 1. The second kappa shape index (κ2) is 4.51. The Hall–Kier alpha value is -2.14. The smallest absolute Gasteiger partial charge is 0.323 e. The quantitative estimate of drug-likeness (QED) is 0.772. The highest BCUT2D eigenvalue weighted by Crippen LogP contribution is 2.19. The fourth-order valence-electron chi connectivity index (χ4n) is 2.08. The number of fused-ring (bicyclic) bond motifs is 1. The number of hydrogen-bond donors (Lipinski definition) is 3. The number of aliphatic carboxylic acids is 1. The molecule has 2 rings (SSSR count). The van der Waals surface area contributed by atoms with Crippen LogP contribution in [-0.4, -0.2) is 21.6 Å². The summed E-state index contributed by atoms with van der Waals surface area (Å²) in [5, 5.41) is 9.94. The molecule has 0 amide bonds. The zero-order valence-corrected chi connectivity index (χ0v) is 10.9. The van der Waals surface area contributed by atoms with Gasteiger partial charge < -0.3 is 15.8 Å². The van der Waals surface area contributed by atoms with Crippen molar-refractivity contribution >= 4 is 16.9 Å². The molecule has 0 saturated heterocycles. The van der Waals surface area contributed by atoms with Gasteiger partial charge >= 0.3 is 5.97 Å². The molecule has 1 atom stereocenters. The van der Waals surface area contributed by atoms with E-state index in [0.717, 1.165) is 22.0 Å². The summed E-state index contributed by atoms with van der Waals surface area (Å²) in [7, 11) is 0. The van der Waals surface area contributed by atoms with Gasteiger partial charge in [-0.1, -0.05) is 6.07 Å². The summed E-state index contributed by atoms with van der Waals surface area (Å²) in [6, 6.07) is 6.95.